The highest BCUT2D eigenvalue weighted by Gasteiger charge is 2.39. The van der Waals surface area contributed by atoms with Gasteiger partial charge in [0.15, 0.2) is 12.1 Å². The van der Waals surface area contributed by atoms with Crippen LogP contribution in [0.4, 0.5) is 33.3 Å². The summed E-state index contributed by atoms with van der Waals surface area (Å²) < 4.78 is 79.1. The zero-order chi connectivity index (χ0) is 32.1. The number of anilines is 2. The molecule has 7 N–H and O–H groups in total. The van der Waals surface area contributed by atoms with Gasteiger partial charge in [-0.25, -0.2) is 13.8 Å². The van der Waals surface area contributed by atoms with Crippen molar-refractivity contribution < 1.29 is 36.6 Å². The van der Waals surface area contributed by atoms with Gasteiger partial charge < -0.3 is 31.9 Å². The van der Waals surface area contributed by atoms with Crippen LogP contribution in [0, 0.1) is 18.6 Å². The Balaban J connectivity index is 0.00000248. The van der Waals surface area contributed by atoms with Gasteiger partial charge in [0.1, 0.15) is 17.1 Å². The summed E-state index contributed by atoms with van der Waals surface area (Å²) in [6, 6.07) is 3.85. The van der Waals surface area contributed by atoms with Crippen LogP contribution in [0.3, 0.4) is 0 Å². The van der Waals surface area contributed by atoms with E-state index in [1.165, 1.54) is 13.2 Å². The second-order valence-corrected chi connectivity index (χ2v) is 10.3. The number of nitrogens with one attached hydrogen (secondary N) is 2. The van der Waals surface area contributed by atoms with Crippen LogP contribution in [-0.2, 0) is 19.3 Å². The van der Waals surface area contributed by atoms with Gasteiger partial charge >= 0.3 is 6.18 Å². The van der Waals surface area contributed by atoms with Gasteiger partial charge in [0.05, 0.1) is 35.3 Å². The number of rotatable bonds is 10. The molecule has 1 aliphatic rings. The van der Waals surface area contributed by atoms with Crippen LogP contribution in [-0.4, -0.2) is 46.6 Å². The third-order valence-corrected chi connectivity index (χ3v) is 7.19. The number of carbonyl (C=O) groups is 1. The normalized spacial score (nSPS) is 16.9. The van der Waals surface area contributed by atoms with Crippen LogP contribution >= 0.6 is 0 Å². The number of aliphatic hydroxyl groups excluding tert-OH is 1. The fraction of sp³-hybridized carbons (Fsp3) is 0.414. The van der Waals surface area contributed by atoms with Gasteiger partial charge in [-0.15, -0.1) is 0 Å². The molecule has 4 rings (SSSR count). The highest BCUT2D eigenvalue weighted by molar-refractivity contribution is 5.90. The molecular weight excluding hydrogens is 575 g/mol. The minimum Gasteiger partial charge on any atom is -0.474 e. The number of pyridine rings is 2. The quantitative estimate of drug-likeness (QED) is 0.125. The summed E-state index contributed by atoms with van der Waals surface area (Å²) in [5.41, 5.74) is 5.22. The van der Waals surface area contributed by atoms with Crippen molar-refractivity contribution in [3.63, 3.8) is 0 Å². The Bertz CT molecular complexity index is 1460. The first-order valence-corrected chi connectivity index (χ1v) is 13.4. The van der Waals surface area contributed by atoms with Crippen LogP contribution in [0.15, 0.2) is 24.4 Å². The van der Waals surface area contributed by atoms with Gasteiger partial charge in [-0.2, -0.15) is 13.2 Å². The number of halogens is 5. The number of hydrogen-bond donors (Lipinski definition) is 5. The molecule has 234 valence electrons. The molecule has 1 fully saturated rings. The molecule has 1 aliphatic heterocycles. The van der Waals surface area contributed by atoms with Crippen LogP contribution < -0.4 is 26.8 Å². The van der Waals surface area contributed by atoms with Crippen molar-refractivity contribution in [1.29, 1.82) is 0 Å². The molecule has 2 unspecified atom stereocenters. The molecule has 0 bridgehead atoms. The third-order valence-electron chi connectivity index (χ3n) is 7.19. The van der Waals surface area contributed by atoms with Gasteiger partial charge in [-0.05, 0) is 64.0 Å². The average molecular weight is 611 g/mol. The highest BCUT2D eigenvalue weighted by atomic mass is 19.4. The van der Waals surface area contributed by atoms with Gasteiger partial charge in [0.2, 0.25) is 5.88 Å². The van der Waals surface area contributed by atoms with E-state index in [-0.39, 0.29) is 23.3 Å². The Morgan fingerprint density at radius 1 is 1.28 bits per heavy atom. The molecule has 3 aromatic rings. The lowest BCUT2D eigenvalue weighted by molar-refractivity contribution is -0.137. The lowest BCUT2D eigenvalue weighted by Crippen LogP contribution is -2.56. The number of carbonyl (C=O) groups excluding carboxylic acids is 1. The zero-order valence-corrected chi connectivity index (χ0v) is 24.2. The highest BCUT2D eigenvalue weighted by Crippen LogP contribution is 2.44. The predicted molar refractivity (Wildman–Crippen MR) is 152 cm³/mol. The maximum absolute atomic E-state index is 16.2. The van der Waals surface area contributed by atoms with Gasteiger partial charge in [-0.3, -0.25) is 9.78 Å². The number of benzene rings is 1. The maximum Gasteiger partial charge on any atom is 0.417 e. The molecule has 0 radical (unpaired) electrons. The topological polar surface area (TPSA) is 148 Å². The SMILES string of the molecule is CN.Cc1c(F)c(N)cc(-c2nc(OC(C)CC3(C)CCN3)c(C=O)c(NCc3cccnc3CO)c2F)c1C(F)(F)F. The van der Waals surface area contributed by atoms with Gasteiger partial charge in [-0.1, -0.05) is 6.07 Å². The molecule has 0 aliphatic carbocycles. The molecular formula is C29H35F5N6O3. The van der Waals surface area contributed by atoms with E-state index in [0.717, 1.165) is 19.9 Å². The van der Waals surface area contributed by atoms with Crippen molar-refractivity contribution in [3.05, 3.63) is 64.0 Å². The smallest absolute Gasteiger partial charge is 0.417 e. The Morgan fingerprint density at radius 2 is 1.95 bits per heavy atom. The molecule has 1 aromatic carbocycles. The fourth-order valence-electron chi connectivity index (χ4n) is 5.03. The first kappa shape index (κ1) is 33.6. The van der Waals surface area contributed by atoms with E-state index in [9.17, 15) is 27.5 Å². The van der Waals surface area contributed by atoms with E-state index in [1.807, 2.05) is 6.92 Å². The van der Waals surface area contributed by atoms with Crippen LogP contribution in [0.2, 0.25) is 0 Å². The summed E-state index contributed by atoms with van der Waals surface area (Å²) in [6.45, 7) is 4.79. The number of aliphatic hydroxyl groups is 1. The lowest BCUT2D eigenvalue weighted by Gasteiger charge is -2.41. The summed E-state index contributed by atoms with van der Waals surface area (Å²) in [5, 5.41) is 15.6. The predicted octanol–water partition coefficient (Wildman–Crippen LogP) is 4.73. The number of alkyl halides is 3. The second-order valence-electron chi connectivity index (χ2n) is 10.3. The summed E-state index contributed by atoms with van der Waals surface area (Å²) in [6.07, 6.45) is -2.61. The van der Waals surface area contributed by atoms with E-state index in [2.05, 4.69) is 26.3 Å². The van der Waals surface area contributed by atoms with Gasteiger partial charge in [0.25, 0.3) is 0 Å². The number of nitrogens with two attached hydrogens (primary N) is 2. The van der Waals surface area contributed by atoms with E-state index >= 15 is 4.39 Å². The van der Waals surface area contributed by atoms with Crippen molar-refractivity contribution >= 4 is 17.7 Å². The minimum atomic E-state index is -5.09. The van der Waals surface area contributed by atoms with Crippen molar-refractivity contribution in [3.8, 4) is 17.1 Å². The van der Waals surface area contributed by atoms with Gasteiger partial charge in [0, 0.05) is 30.3 Å². The average Bonchev–Trinajstić information content (AvgIpc) is 2.95. The lowest BCUT2D eigenvalue weighted by atomic mass is 9.85. The molecule has 3 heterocycles. The molecule has 9 nitrogen and oxygen atoms in total. The molecule has 0 saturated carbocycles. The first-order valence-electron chi connectivity index (χ1n) is 13.4. The standard InChI is InChI=1S/C28H30F5N5O3.CH5N/c1-14(10-27(3)6-8-37-27)41-26-18(12-39)24(36-11-16-5-4-7-35-20(16)13-40)23(30)25(38-26)17-9-19(34)22(29)15(2)21(17)28(31,32)33;1-2/h4-5,7,9,12,14,37,40H,6,8,10-11,13,34H2,1-3H3,(H,36,38);2H2,1H3. The molecule has 43 heavy (non-hydrogen) atoms. The number of aldehydes is 1. The van der Waals surface area contributed by atoms with Crippen molar-refractivity contribution in [1.82, 2.24) is 15.3 Å². The Hall–Kier alpha value is -3.88. The van der Waals surface area contributed by atoms with E-state index in [0.29, 0.717) is 24.3 Å². The number of nitrogens with zero attached hydrogens (tertiary/aromatic N) is 2. The van der Waals surface area contributed by atoms with E-state index in [1.54, 1.807) is 19.1 Å². The largest absolute Gasteiger partial charge is 0.474 e. The van der Waals surface area contributed by atoms with Crippen molar-refractivity contribution in [2.45, 2.75) is 64.6 Å². The molecule has 2 aromatic heterocycles. The molecule has 2 atom stereocenters. The second kappa shape index (κ2) is 13.6. The van der Waals surface area contributed by atoms with E-state index < -0.39 is 70.2 Å². The Labute approximate surface area is 245 Å². The molecule has 0 spiro atoms. The van der Waals surface area contributed by atoms with Crippen LogP contribution in [0.1, 0.15) is 59.4 Å². The third kappa shape index (κ3) is 7.20. The molecule has 14 heteroatoms. The maximum atomic E-state index is 16.2. The Morgan fingerprint density at radius 3 is 2.51 bits per heavy atom. The van der Waals surface area contributed by atoms with Crippen molar-refractivity contribution in [2.75, 3.05) is 24.6 Å². The minimum absolute atomic E-state index is 0.154. The molecule has 0 amide bonds. The fourth-order valence-corrected chi connectivity index (χ4v) is 5.03. The summed E-state index contributed by atoms with van der Waals surface area (Å²) >= 11 is 0. The summed E-state index contributed by atoms with van der Waals surface area (Å²) in [7, 11) is 1.50. The number of ether oxygens (including phenoxy) is 1. The summed E-state index contributed by atoms with van der Waals surface area (Å²) in [5.74, 6) is -2.99. The number of aromatic nitrogens is 2. The van der Waals surface area contributed by atoms with E-state index in [4.69, 9.17) is 10.5 Å². The van der Waals surface area contributed by atoms with Crippen molar-refractivity contribution in [2.24, 2.45) is 5.73 Å². The monoisotopic (exact) mass is 610 g/mol. The van der Waals surface area contributed by atoms with Crippen LogP contribution in [0.5, 0.6) is 5.88 Å². The van der Waals surface area contributed by atoms with Crippen LogP contribution in [0.25, 0.3) is 11.3 Å². The zero-order valence-electron chi connectivity index (χ0n) is 24.2. The summed E-state index contributed by atoms with van der Waals surface area (Å²) in [4.78, 5) is 20.3. The first-order chi connectivity index (χ1) is 20.3. The molecule has 1 saturated heterocycles. The number of nitrogen functional groups attached to an aromatic ring is 1. The Kier molecular flexibility index (Phi) is 10.6. The number of hydrogen-bond acceptors (Lipinski definition) is 9.